The SMILES string of the molecule is CCOC(=O)c1nc(-c2ccccc2)oc1Cn1nccc1[N+](=O)[O-]. The van der Waals surface area contributed by atoms with Gasteiger partial charge >= 0.3 is 11.8 Å². The summed E-state index contributed by atoms with van der Waals surface area (Å²) < 4.78 is 11.8. The van der Waals surface area contributed by atoms with Crippen molar-refractivity contribution in [3.05, 3.63) is 64.2 Å². The second-order valence-corrected chi connectivity index (χ2v) is 4.98. The molecule has 3 aromatic rings. The van der Waals surface area contributed by atoms with E-state index in [1.54, 1.807) is 19.1 Å². The zero-order chi connectivity index (χ0) is 17.8. The molecule has 0 aliphatic carbocycles. The highest BCUT2D eigenvalue weighted by Gasteiger charge is 2.26. The minimum Gasteiger partial charge on any atom is -0.461 e. The van der Waals surface area contributed by atoms with Gasteiger partial charge in [-0.1, -0.05) is 23.3 Å². The smallest absolute Gasteiger partial charge is 0.360 e. The van der Waals surface area contributed by atoms with E-state index in [4.69, 9.17) is 9.15 Å². The van der Waals surface area contributed by atoms with Crippen LogP contribution in [0.4, 0.5) is 5.82 Å². The molecular formula is C16H14N4O5. The fourth-order valence-electron chi connectivity index (χ4n) is 2.26. The van der Waals surface area contributed by atoms with E-state index in [9.17, 15) is 14.9 Å². The van der Waals surface area contributed by atoms with Gasteiger partial charge in [-0.3, -0.25) is 0 Å². The molecule has 0 radical (unpaired) electrons. The Morgan fingerprint density at radius 2 is 2.08 bits per heavy atom. The number of oxazole rings is 1. The first-order chi connectivity index (χ1) is 12.1. The summed E-state index contributed by atoms with van der Waals surface area (Å²) in [6, 6.07) is 10.3. The zero-order valence-electron chi connectivity index (χ0n) is 13.3. The fourth-order valence-corrected chi connectivity index (χ4v) is 2.26. The molecule has 0 aliphatic rings. The van der Waals surface area contributed by atoms with Gasteiger partial charge in [0.05, 0.1) is 18.9 Å². The van der Waals surface area contributed by atoms with Crippen LogP contribution in [-0.2, 0) is 11.3 Å². The lowest BCUT2D eigenvalue weighted by Crippen LogP contribution is -2.11. The van der Waals surface area contributed by atoms with Gasteiger partial charge in [0, 0.05) is 5.56 Å². The van der Waals surface area contributed by atoms with Crippen molar-refractivity contribution in [2.24, 2.45) is 0 Å². The lowest BCUT2D eigenvalue weighted by molar-refractivity contribution is -0.392. The van der Waals surface area contributed by atoms with Gasteiger partial charge in [0.2, 0.25) is 5.89 Å². The molecule has 0 saturated heterocycles. The van der Waals surface area contributed by atoms with Crippen molar-refractivity contribution in [1.29, 1.82) is 0 Å². The van der Waals surface area contributed by atoms with E-state index in [1.165, 1.54) is 12.3 Å². The van der Waals surface area contributed by atoms with Gasteiger partial charge in [0.15, 0.2) is 18.0 Å². The number of ether oxygens (including phenoxy) is 1. The normalized spacial score (nSPS) is 10.6. The number of nitrogens with zero attached hydrogens (tertiary/aromatic N) is 4. The molecule has 0 aliphatic heterocycles. The van der Waals surface area contributed by atoms with Crippen LogP contribution in [0.15, 0.2) is 47.0 Å². The predicted octanol–water partition coefficient (Wildman–Crippen LogP) is 2.67. The lowest BCUT2D eigenvalue weighted by atomic mass is 10.2. The monoisotopic (exact) mass is 342 g/mol. The summed E-state index contributed by atoms with van der Waals surface area (Å²) in [4.78, 5) is 26.8. The van der Waals surface area contributed by atoms with E-state index < -0.39 is 10.9 Å². The topological polar surface area (TPSA) is 113 Å². The summed E-state index contributed by atoms with van der Waals surface area (Å²) in [6.07, 6.45) is 1.30. The second-order valence-electron chi connectivity index (χ2n) is 4.98. The highest BCUT2D eigenvalue weighted by Crippen LogP contribution is 2.24. The molecule has 0 bridgehead atoms. The van der Waals surface area contributed by atoms with Crippen molar-refractivity contribution < 1.29 is 18.9 Å². The van der Waals surface area contributed by atoms with Crippen molar-refractivity contribution >= 4 is 11.8 Å². The maximum Gasteiger partial charge on any atom is 0.360 e. The number of esters is 1. The van der Waals surface area contributed by atoms with Gasteiger partial charge in [0.25, 0.3) is 0 Å². The molecule has 0 amide bonds. The Hall–Kier alpha value is -3.49. The largest absolute Gasteiger partial charge is 0.461 e. The van der Waals surface area contributed by atoms with E-state index in [1.807, 2.05) is 18.2 Å². The quantitative estimate of drug-likeness (QED) is 0.384. The van der Waals surface area contributed by atoms with E-state index in [2.05, 4.69) is 10.1 Å². The van der Waals surface area contributed by atoms with E-state index >= 15 is 0 Å². The summed E-state index contributed by atoms with van der Waals surface area (Å²) in [7, 11) is 0. The van der Waals surface area contributed by atoms with Crippen molar-refractivity contribution in [2.45, 2.75) is 13.5 Å². The Morgan fingerprint density at radius 1 is 1.32 bits per heavy atom. The van der Waals surface area contributed by atoms with Gasteiger partial charge in [-0.15, -0.1) is 4.68 Å². The minimum atomic E-state index is -0.654. The number of nitro groups is 1. The summed E-state index contributed by atoms with van der Waals surface area (Å²) in [6.45, 7) is 1.74. The molecule has 2 heterocycles. The van der Waals surface area contributed by atoms with Crippen LogP contribution in [0.5, 0.6) is 0 Å². The van der Waals surface area contributed by atoms with E-state index in [0.29, 0.717) is 5.56 Å². The van der Waals surface area contributed by atoms with Crippen LogP contribution >= 0.6 is 0 Å². The first kappa shape index (κ1) is 16.4. The first-order valence-corrected chi connectivity index (χ1v) is 7.48. The number of carbonyl (C=O) groups is 1. The Kier molecular flexibility index (Phi) is 4.55. The number of hydrogen-bond acceptors (Lipinski definition) is 7. The summed E-state index contributed by atoms with van der Waals surface area (Å²) >= 11 is 0. The van der Waals surface area contributed by atoms with Crippen LogP contribution in [0.1, 0.15) is 23.2 Å². The van der Waals surface area contributed by atoms with Crippen LogP contribution in [0, 0.1) is 10.1 Å². The van der Waals surface area contributed by atoms with Crippen molar-refractivity contribution in [2.75, 3.05) is 6.61 Å². The Balaban J connectivity index is 2.01. The third kappa shape index (κ3) is 3.39. The molecule has 0 fully saturated rings. The molecule has 1 aromatic carbocycles. The van der Waals surface area contributed by atoms with Gasteiger partial charge in [-0.25, -0.2) is 9.78 Å². The molecule has 0 N–H and O–H groups in total. The molecule has 0 saturated carbocycles. The molecule has 128 valence electrons. The maximum absolute atomic E-state index is 12.1. The maximum atomic E-state index is 12.1. The Labute approximate surface area is 142 Å². The van der Waals surface area contributed by atoms with Gasteiger partial charge < -0.3 is 19.3 Å². The highest BCUT2D eigenvalue weighted by molar-refractivity contribution is 5.89. The number of aromatic nitrogens is 3. The van der Waals surface area contributed by atoms with Crippen LogP contribution in [0.25, 0.3) is 11.5 Å². The molecule has 9 nitrogen and oxygen atoms in total. The molecule has 25 heavy (non-hydrogen) atoms. The molecule has 3 rings (SSSR count). The fraction of sp³-hybridized carbons (Fsp3) is 0.188. The standard InChI is InChI=1S/C16H14N4O5/c1-2-24-16(21)14-12(10-19-13(20(22)23)8-9-17-19)25-15(18-14)11-6-4-3-5-7-11/h3-9H,2,10H2,1H3. The average molecular weight is 342 g/mol. The van der Waals surface area contributed by atoms with Crippen molar-refractivity contribution in [3.63, 3.8) is 0 Å². The molecule has 0 atom stereocenters. The van der Waals surface area contributed by atoms with Crippen LogP contribution in [-0.4, -0.2) is 32.3 Å². The number of benzene rings is 1. The Morgan fingerprint density at radius 3 is 2.76 bits per heavy atom. The van der Waals surface area contributed by atoms with Crippen LogP contribution in [0.2, 0.25) is 0 Å². The summed E-state index contributed by atoms with van der Waals surface area (Å²) in [5.41, 5.74) is 0.653. The molecule has 2 aromatic heterocycles. The number of carbonyl (C=O) groups excluding carboxylic acids is 1. The number of rotatable bonds is 6. The zero-order valence-corrected chi connectivity index (χ0v) is 13.3. The predicted molar refractivity (Wildman–Crippen MR) is 85.9 cm³/mol. The average Bonchev–Trinajstić information content (AvgIpc) is 3.23. The molecule has 0 spiro atoms. The van der Waals surface area contributed by atoms with Gasteiger partial charge in [-0.05, 0) is 24.0 Å². The van der Waals surface area contributed by atoms with Crippen LogP contribution < -0.4 is 0 Å². The van der Waals surface area contributed by atoms with Gasteiger partial charge in [-0.2, -0.15) is 0 Å². The lowest BCUT2D eigenvalue weighted by Gasteiger charge is -2.00. The first-order valence-electron chi connectivity index (χ1n) is 7.48. The minimum absolute atomic E-state index is 0.0227. The summed E-state index contributed by atoms with van der Waals surface area (Å²) in [5, 5.41) is 14.9. The third-order valence-electron chi connectivity index (χ3n) is 3.36. The summed E-state index contributed by atoms with van der Waals surface area (Å²) in [5.74, 6) is -0.497. The molecular weight excluding hydrogens is 328 g/mol. The van der Waals surface area contributed by atoms with E-state index in [0.717, 1.165) is 4.68 Å². The highest BCUT2D eigenvalue weighted by atomic mass is 16.6. The van der Waals surface area contributed by atoms with Crippen molar-refractivity contribution in [1.82, 2.24) is 14.8 Å². The second kappa shape index (κ2) is 6.95. The number of hydrogen-bond donors (Lipinski definition) is 0. The van der Waals surface area contributed by atoms with Crippen molar-refractivity contribution in [3.8, 4) is 11.5 Å². The van der Waals surface area contributed by atoms with Gasteiger partial charge in [0.1, 0.15) is 0 Å². The van der Waals surface area contributed by atoms with Crippen LogP contribution in [0.3, 0.4) is 0 Å². The third-order valence-corrected chi connectivity index (χ3v) is 3.36. The Bertz CT molecular complexity index is 900. The molecule has 0 unspecified atom stereocenters. The molecule has 9 heteroatoms. The van der Waals surface area contributed by atoms with E-state index in [-0.39, 0.29) is 36.3 Å².